The number of pyridine rings is 1. The molecule has 1 N–H and O–H groups in total. The summed E-state index contributed by atoms with van der Waals surface area (Å²) in [6.07, 6.45) is 2.78. The van der Waals surface area contributed by atoms with Crippen molar-refractivity contribution < 1.29 is 0 Å². The molecule has 0 aliphatic heterocycles. The fourth-order valence-electron chi connectivity index (χ4n) is 1.56. The molecular weight excluding hydrogens is 240 g/mol. The van der Waals surface area contributed by atoms with Crippen molar-refractivity contribution in [2.24, 2.45) is 0 Å². The van der Waals surface area contributed by atoms with Gasteiger partial charge in [0.2, 0.25) is 0 Å². The van der Waals surface area contributed by atoms with Crippen molar-refractivity contribution in [2.75, 3.05) is 5.32 Å². The minimum absolute atomic E-state index is 0.387. The molecule has 0 spiro atoms. The van der Waals surface area contributed by atoms with Gasteiger partial charge in [0.1, 0.15) is 5.15 Å². The normalized spacial score (nSPS) is 12.4. The van der Waals surface area contributed by atoms with Crippen LogP contribution in [0.5, 0.6) is 0 Å². The second kappa shape index (κ2) is 5.32. The smallest absolute Gasteiger partial charge is 0.129 e. The third kappa shape index (κ3) is 3.22. The quantitative estimate of drug-likeness (QED) is 0.837. The lowest BCUT2D eigenvalue weighted by Crippen LogP contribution is -2.17. The van der Waals surface area contributed by atoms with Gasteiger partial charge in [-0.05, 0) is 47.9 Å². The largest absolute Gasteiger partial charge is 0.381 e. The summed E-state index contributed by atoms with van der Waals surface area (Å²) < 4.78 is 0. The molecule has 2 rings (SSSR count). The molecule has 2 heterocycles. The van der Waals surface area contributed by atoms with E-state index in [1.54, 1.807) is 23.6 Å². The van der Waals surface area contributed by atoms with Crippen LogP contribution in [0.1, 0.15) is 12.5 Å². The van der Waals surface area contributed by atoms with E-state index in [1.807, 2.05) is 6.07 Å². The lowest BCUT2D eigenvalue weighted by Gasteiger charge is -2.14. The Hall–Kier alpha value is -1.06. The molecule has 1 unspecified atom stereocenters. The molecule has 1 atom stereocenters. The Morgan fingerprint density at radius 1 is 1.44 bits per heavy atom. The SMILES string of the molecule is CC(Cc1ccsc1)Nc1ccc(Cl)nc1. The molecule has 0 bridgehead atoms. The highest BCUT2D eigenvalue weighted by molar-refractivity contribution is 7.07. The van der Waals surface area contributed by atoms with Crippen molar-refractivity contribution in [3.8, 4) is 0 Å². The van der Waals surface area contributed by atoms with Gasteiger partial charge in [0, 0.05) is 6.04 Å². The molecule has 2 aromatic heterocycles. The highest BCUT2D eigenvalue weighted by atomic mass is 35.5. The van der Waals surface area contributed by atoms with Crippen LogP contribution in [0.15, 0.2) is 35.2 Å². The Balaban J connectivity index is 1.92. The van der Waals surface area contributed by atoms with E-state index in [2.05, 4.69) is 34.1 Å². The molecule has 2 aromatic rings. The maximum atomic E-state index is 5.73. The van der Waals surface area contributed by atoms with E-state index in [0.29, 0.717) is 11.2 Å². The fourth-order valence-corrected chi connectivity index (χ4v) is 2.35. The van der Waals surface area contributed by atoms with E-state index < -0.39 is 0 Å². The third-order valence-corrected chi connectivity index (χ3v) is 3.22. The highest BCUT2D eigenvalue weighted by Crippen LogP contribution is 2.14. The molecule has 0 aromatic carbocycles. The van der Waals surface area contributed by atoms with Crippen molar-refractivity contribution in [1.82, 2.24) is 4.98 Å². The van der Waals surface area contributed by atoms with E-state index in [1.165, 1.54) is 5.56 Å². The van der Waals surface area contributed by atoms with E-state index in [9.17, 15) is 0 Å². The predicted octanol–water partition coefficient (Wildman–Crippen LogP) is 3.84. The molecule has 0 amide bonds. The zero-order valence-corrected chi connectivity index (χ0v) is 10.6. The molecule has 0 radical (unpaired) electrons. The Labute approximate surface area is 104 Å². The standard InChI is InChI=1S/C12H13ClN2S/c1-9(6-10-4-5-16-8-10)15-11-2-3-12(13)14-7-11/h2-5,7-9,15H,6H2,1H3. The molecule has 0 saturated heterocycles. The molecule has 84 valence electrons. The van der Waals surface area contributed by atoms with Crippen LogP contribution in [0.2, 0.25) is 5.15 Å². The van der Waals surface area contributed by atoms with Crippen LogP contribution >= 0.6 is 22.9 Å². The fraction of sp³-hybridized carbons (Fsp3) is 0.250. The summed E-state index contributed by atoms with van der Waals surface area (Å²) in [4.78, 5) is 4.03. The molecule has 4 heteroatoms. The van der Waals surface area contributed by atoms with E-state index in [-0.39, 0.29) is 0 Å². The van der Waals surface area contributed by atoms with Crippen LogP contribution in [0, 0.1) is 0 Å². The topological polar surface area (TPSA) is 24.9 Å². The number of rotatable bonds is 4. The first-order chi connectivity index (χ1) is 7.74. The first kappa shape index (κ1) is 11.4. The van der Waals surface area contributed by atoms with Gasteiger partial charge in [-0.15, -0.1) is 0 Å². The van der Waals surface area contributed by atoms with E-state index in [4.69, 9.17) is 11.6 Å². The summed E-state index contributed by atoms with van der Waals surface area (Å²) in [5, 5.41) is 8.20. The zero-order chi connectivity index (χ0) is 11.4. The number of nitrogens with zero attached hydrogens (tertiary/aromatic N) is 1. The average molecular weight is 253 g/mol. The van der Waals surface area contributed by atoms with Crippen LogP contribution in [-0.2, 0) is 6.42 Å². The van der Waals surface area contributed by atoms with Gasteiger partial charge in [0.05, 0.1) is 11.9 Å². The predicted molar refractivity (Wildman–Crippen MR) is 70.4 cm³/mol. The molecular formula is C12H13ClN2S. The Morgan fingerprint density at radius 2 is 2.31 bits per heavy atom. The molecule has 0 saturated carbocycles. The number of anilines is 1. The number of thiophene rings is 1. The highest BCUT2D eigenvalue weighted by Gasteiger charge is 2.04. The Morgan fingerprint density at radius 3 is 2.94 bits per heavy atom. The van der Waals surface area contributed by atoms with Gasteiger partial charge in [-0.2, -0.15) is 11.3 Å². The minimum atomic E-state index is 0.387. The molecule has 0 fully saturated rings. The number of aromatic nitrogens is 1. The van der Waals surface area contributed by atoms with Gasteiger partial charge in [0.25, 0.3) is 0 Å². The maximum Gasteiger partial charge on any atom is 0.129 e. The zero-order valence-electron chi connectivity index (χ0n) is 8.98. The first-order valence-corrected chi connectivity index (χ1v) is 6.45. The third-order valence-electron chi connectivity index (χ3n) is 2.26. The summed E-state index contributed by atoms with van der Waals surface area (Å²) in [7, 11) is 0. The van der Waals surface area contributed by atoms with Gasteiger partial charge < -0.3 is 5.32 Å². The van der Waals surface area contributed by atoms with Crippen LogP contribution in [-0.4, -0.2) is 11.0 Å². The number of nitrogens with one attached hydrogen (secondary N) is 1. The molecule has 2 nitrogen and oxygen atoms in total. The van der Waals surface area contributed by atoms with Crippen molar-refractivity contribution in [2.45, 2.75) is 19.4 Å². The van der Waals surface area contributed by atoms with Crippen LogP contribution in [0.25, 0.3) is 0 Å². The van der Waals surface area contributed by atoms with Crippen molar-refractivity contribution in [1.29, 1.82) is 0 Å². The summed E-state index contributed by atoms with van der Waals surface area (Å²) in [6, 6.07) is 6.28. The lowest BCUT2D eigenvalue weighted by molar-refractivity contribution is 0.792. The lowest BCUT2D eigenvalue weighted by atomic mass is 10.1. The molecule has 0 aliphatic rings. The van der Waals surface area contributed by atoms with Crippen LogP contribution < -0.4 is 5.32 Å². The van der Waals surface area contributed by atoms with Gasteiger partial charge in [-0.1, -0.05) is 11.6 Å². The molecule has 0 aliphatic carbocycles. The average Bonchev–Trinajstić information content (AvgIpc) is 2.74. The molecule has 16 heavy (non-hydrogen) atoms. The van der Waals surface area contributed by atoms with E-state index in [0.717, 1.165) is 12.1 Å². The maximum absolute atomic E-state index is 5.73. The number of hydrogen-bond acceptors (Lipinski definition) is 3. The van der Waals surface area contributed by atoms with Gasteiger partial charge in [-0.3, -0.25) is 0 Å². The van der Waals surface area contributed by atoms with E-state index >= 15 is 0 Å². The van der Waals surface area contributed by atoms with Crippen LogP contribution in [0.3, 0.4) is 0 Å². The monoisotopic (exact) mass is 252 g/mol. The van der Waals surface area contributed by atoms with Gasteiger partial charge >= 0.3 is 0 Å². The van der Waals surface area contributed by atoms with Crippen molar-refractivity contribution in [3.63, 3.8) is 0 Å². The summed E-state index contributed by atoms with van der Waals surface area (Å²) in [5.41, 5.74) is 2.37. The van der Waals surface area contributed by atoms with Crippen molar-refractivity contribution in [3.05, 3.63) is 45.9 Å². The minimum Gasteiger partial charge on any atom is -0.381 e. The van der Waals surface area contributed by atoms with Crippen molar-refractivity contribution >= 4 is 28.6 Å². The van der Waals surface area contributed by atoms with Gasteiger partial charge in [0.15, 0.2) is 0 Å². The van der Waals surface area contributed by atoms with Gasteiger partial charge in [-0.25, -0.2) is 4.98 Å². The Kier molecular flexibility index (Phi) is 3.80. The summed E-state index contributed by atoms with van der Waals surface area (Å²) >= 11 is 7.46. The number of halogens is 1. The summed E-state index contributed by atoms with van der Waals surface area (Å²) in [5.74, 6) is 0. The number of hydrogen-bond donors (Lipinski definition) is 1. The van der Waals surface area contributed by atoms with Crippen LogP contribution in [0.4, 0.5) is 5.69 Å². The Bertz CT molecular complexity index is 425. The second-order valence-electron chi connectivity index (χ2n) is 3.75. The summed E-state index contributed by atoms with van der Waals surface area (Å²) in [6.45, 7) is 2.16. The second-order valence-corrected chi connectivity index (χ2v) is 4.92. The first-order valence-electron chi connectivity index (χ1n) is 5.13.